The fraction of sp³-hybridized carbons (Fsp3) is 0.389. The number of anilines is 1. The van der Waals surface area contributed by atoms with Gasteiger partial charge in [-0.05, 0) is 38.0 Å². The first-order valence-electron chi connectivity index (χ1n) is 7.61. The van der Waals surface area contributed by atoms with E-state index in [0.29, 0.717) is 5.69 Å². The molecule has 21 heavy (non-hydrogen) atoms. The highest BCUT2D eigenvalue weighted by atomic mass is 16.1. The molecule has 0 aliphatic carbocycles. The number of nitrogens with zero attached hydrogens (tertiary/aromatic N) is 1. The van der Waals surface area contributed by atoms with Gasteiger partial charge in [0.1, 0.15) is 0 Å². The summed E-state index contributed by atoms with van der Waals surface area (Å²) in [5.41, 5.74) is 10.5. The van der Waals surface area contributed by atoms with Crippen molar-refractivity contribution < 1.29 is 0 Å². The largest absolute Gasteiger partial charge is 0.394 e. The summed E-state index contributed by atoms with van der Waals surface area (Å²) in [7, 11) is 0. The molecule has 0 atom stereocenters. The molecule has 0 unspecified atom stereocenters. The van der Waals surface area contributed by atoms with Gasteiger partial charge in [-0.2, -0.15) is 0 Å². The van der Waals surface area contributed by atoms with Crippen molar-refractivity contribution in [2.75, 3.05) is 5.73 Å². The lowest BCUT2D eigenvalue weighted by molar-refractivity contribution is 0.593. The van der Waals surface area contributed by atoms with E-state index in [4.69, 9.17) is 5.73 Å². The monoisotopic (exact) mass is 284 g/mol. The van der Waals surface area contributed by atoms with Crippen LogP contribution in [0.1, 0.15) is 37.3 Å². The van der Waals surface area contributed by atoms with Crippen LogP contribution < -0.4 is 11.3 Å². The maximum absolute atomic E-state index is 12.4. The molecule has 0 bridgehead atoms. The van der Waals surface area contributed by atoms with Gasteiger partial charge in [-0.25, -0.2) is 0 Å². The lowest BCUT2D eigenvalue weighted by Gasteiger charge is -2.16. The summed E-state index contributed by atoms with van der Waals surface area (Å²) < 4.78 is 1.82. The summed E-state index contributed by atoms with van der Waals surface area (Å²) in [6, 6.07) is 9.99. The molecule has 0 aliphatic rings. The molecule has 1 aromatic heterocycles. The standard InChI is InChI=1S/C18H24N2O/c1-4-5-6-11-20-17(10-9-16(19)18(20)21)15-8-7-13(2)12-14(15)3/h7-10,12H,4-6,11,19H2,1-3H3. The first-order valence-corrected chi connectivity index (χ1v) is 7.61. The van der Waals surface area contributed by atoms with Crippen molar-refractivity contribution in [3.05, 3.63) is 51.8 Å². The number of benzene rings is 1. The highest BCUT2D eigenvalue weighted by Gasteiger charge is 2.10. The molecule has 3 heteroatoms. The van der Waals surface area contributed by atoms with Crippen molar-refractivity contribution in [3.63, 3.8) is 0 Å². The molecule has 1 heterocycles. The highest BCUT2D eigenvalue weighted by Crippen LogP contribution is 2.24. The van der Waals surface area contributed by atoms with Crippen molar-refractivity contribution in [3.8, 4) is 11.3 Å². The SMILES string of the molecule is CCCCCn1c(-c2ccc(C)cc2C)ccc(N)c1=O. The van der Waals surface area contributed by atoms with Crippen molar-refractivity contribution in [2.45, 2.75) is 46.6 Å². The van der Waals surface area contributed by atoms with Crippen LogP contribution >= 0.6 is 0 Å². The summed E-state index contributed by atoms with van der Waals surface area (Å²) in [4.78, 5) is 12.4. The average Bonchev–Trinajstić information content (AvgIpc) is 2.45. The number of unbranched alkanes of at least 4 members (excludes halogenated alkanes) is 2. The van der Waals surface area contributed by atoms with Crippen molar-refractivity contribution in [2.24, 2.45) is 0 Å². The number of nitrogens with two attached hydrogens (primary N) is 1. The fourth-order valence-electron chi connectivity index (χ4n) is 2.67. The molecule has 112 valence electrons. The third-order valence-corrected chi connectivity index (χ3v) is 3.85. The van der Waals surface area contributed by atoms with Crippen LogP contribution in [-0.2, 0) is 6.54 Å². The number of aryl methyl sites for hydroxylation is 2. The minimum Gasteiger partial charge on any atom is -0.394 e. The molecule has 0 saturated carbocycles. The van der Waals surface area contributed by atoms with Gasteiger partial charge in [0.2, 0.25) is 0 Å². The van der Waals surface area contributed by atoms with Crippen molar-refractivity contribution >= 4 is 5.69 Å². The van der Waals surface area contributed by atoms with E-state index in [-0.39, 0.29) is 5.56 Å². The van der Waals surface area contributed by atoms with E-state index in [9.17, 15) is 4.79 Å². The summed E-state index contributed by atoms with van der Waals surface area (Å²) in [6.45, 7) is 7.04. The molecule has 1 aromatic carbocycles. The Bertz CT molecular complexity index is 686. The van der Waals surface area contributed by atoms with Gasteiger partial charge in [0.25, 0.3) is 5.56 Å². The molecular formula is C18H24N2O. The van der Waals surface area contributed by atoms with Crippen LogP contribution in [0.4, 0.5) is 5.69 Å². The predicted molar refractivity (Wildman–Crippen MR) is 89.5 cm³/mol. The third-order valence-electron chi connectivity index (χ3n) is 3.85. The van der Waals surface area contributed by atoms with E-state index in [1.807, 2.05) is 10.6 Å². The molecule has 0 radical (unpaired) electrons. The first kappa shape index (κ1) is 15.4. The van der Waals surface area contributed by atoms with Crippen LogP contribution in [0.15, 0.2) is 35.1 Å². The van der Waals surface area contributed by atoms with Gasteiger partial charge < -0.3 is 10.3 Å². The predicted octanol–water partition coefficient (Wildman–Crippen LogP) is 3.90. The van der Waals surface area contributed by atoms with E-state index in [2.05, 4.69) is 39.0 Å². The van der Waals surface area contributed by atoms with Gasteiger partial charge in [-0.3, -0.25) is 4.79 Å². The van der Waals surface area contributed by atoms with Gasteiger partial charge in [0.05, 0.1) is 11.4 Å². The van der Waals surface area contributed by atoms with Crippen LogP contribution in [0, 0.1) is 13.8 Å². The maximum Gasteiger partial charge on any atom is 0.274 e. The molecule has 3 nitrogen and oxygen atoms in total. The summed E-state index contributed by atoms with van der Waals surface area (Å²) >= 11 is 0. The minimum atomic E-state index is -0.0800. The maximum atomic E-state index is 12.4. The van der Waals surface area contributed by atoms with Gasteiger partial charge in [0, 0.05) is 12.1 Å². The Morgan fingerprint density at radius 1 is 1.10 bits per heavy atom. The van der Waals surface area contributed by atoms with Gasteiger partial charge in [-0.1, -0.05) is 43.5 Å². The zero-order chi connectivity index (χ0) is 15.4. The molecule has 2 N–H and O–H groups in total. The number of pyridine rings is 1. The number of nitrogen functional groups attached to an aromatic ring is 1. The Kier molecular flexibility index (Phi) is 4.84. The van der Waals surface area contributed by atoms with E-state index in [1.165, 1.54) is 11.1 Å². The Labute approximate surface area is 126 Å². The van der Waals surface area contributed by atoms with Crippen LogP contribution in [0.2, 0.25) is 0 Å². The first-order chi connectivity index (χ1) is 10.0. The number of hydrogen-bond acceptors (Lipinski definition) is 2. The fourth-order valence-corrected chi connectivity index (χ4v) is 2.67. The lowest BCUT2D eigenvalue weighted by atomic mass is 10.0. The molecule has 2 aromatic rings. The third kappa shape index (κ3) is 3.35. The minimum absolute atomic E-state index is 0.0800. The van der Waals surface area contributed by atoms with E-state index < -0.39 is 0 Å². The van der Waals surface area contributed by atoms with Crippen LogP contribution in [0.3, 0.4) is 0 Å². The molecule has 0 saturated heterocycles. The van der Waals surface area contributed by atoms with E-state index in [1.54, 1.807) is 6.07 Å². The van der Waals surface area contributed by atoms with Crippen LogP contribution in [0.5, 0.6) is 0 Å². The number of aromatic nitrogens is 1. The Hall–Kier alpha value is -2.03. The second-order valence-electron chi connectivity index (χ2n) is 5.66. The van der Waals surface area contributed by atoms with E-state index >= 15 is 0 Å². The highest BCUT2D eigenvalue weighted by molar-refractivity contribution is 5.65. The molecule has 0 amide bonds. The van der Waals surface area contributed by atoms with Crippen LogP contribution in [0.25, 0.3) is 11.3 Å². The normalized spacial score (nSPS) is 10.8. The summed E-state index contributed by atoms with van der Waals surface area (Å²) in [6.07, 6.45) is 3.25. The molecule has 2 rings (SSSR count). The van der Waals surface area contributed by atoms with Gasteiger partial charge >= 0.3 is 0 Å². The van der Waals surface area contributed by atoms with Crippen molar-refractivity contribution in [1.82, 2.24) is 4.57 Å². The lowest BCUT2D eigenvalue weighted by Crippen LogP contribution is -2.24. The quantitative estimate of drug-likeness (QED) is 0.846. The Balaban J connectivity index is 2.52. The second-order valence-corrected chi connectivity index (χ2v) is 5.66. The topological polar surface area (TPSA) is 48.0 Å². The average molecular weight is 284 g/mol. The zero-order valence-corrected chi connectivity index (χ0v) is 13.1. The van der Waals surface area contributed by atoms with E-state index in [0.717, 1.165) is 37.1 Å². The number of rotatable bonds is 5. The number of hydrogen-bond donors (Lipinski definition) is 1. The second kappa shape index (κ2) is 6.61. The van der Waals surface area contributed by atoms with Gasteiger partial charge in [-0.15, -0.1) is 0 Å². The Morgan fingerprint density at radius 3 is 2.52 bits per heavy atom. The zero-order valence-electron chi connectivity index (χ0n) is 13.1. The molecule has 0 fully saturated rings. The van der Waals surface area contributed by atoms with Gasteiger partial charge in [0.15, 0.2) is 0 Å². The molecule has 0 spiro atoms. The van der Waals surface area contributed by atoms with Crippen LogP contribution in [-0.4, -0.2) is 4.57 Å². The van der Waals surface area contributed by atoms with Crippen molar-refractivity contribution in [1.29, 1.82) is 0 Å². The molecular weight excluding hydrogens is 260 g/mol. The smallest absolute Gasteiger partial charge is 0.274 e. The summed E-state index contributed by atoms with van der Waals surface area (Å²) in [5.74, 6) is 0. The summed E-state index contributed by atoms with van der Waals surface area (Å²) in [5, 5.41) is 0. The molecule has 0 aliphatic heterocycles. The Morgan fingerprint density at radius 2 is 1.86 bits per heavy atom.